The van der Waals surface area contributed by atoms with Gasteiger partial charge in [0.1, 0.15) is 0 Å². The molecule has 2 saturated carbocycles. The average molecular weight is 490 g/mol. The Morgan fingerprint density at radius 1 is 1.04 bits per heavy atom. The van der Waals surface area contributed by atoms with Crippen LogP contribution in [-0.2, 0) is 4.74 Å². The molecule has 2 N–H and O–H groups in total. The van der Waals surface area contributed by atoms with Gasteiger partial charge in [0.2, 0.25) is 0 Å². The zero-order valence-electron chi connectivity index (χ0n) is 17.0. The molecule has 0 bridgehead atoms. The smallest absolute Gasteiger partial charge is 0.191 e. The summed E-state index contributed by atoms with van der Waals surface area (Å²) in [5.74, 6) is 3.68. The fourth-order valence-electron chi connectivity index (χ4n) is 5.36. The SMILES string of the molecule is CN=C(NC1CCN(CC2CCOC2)CC1)NC1CC1C1CCCCC1.I. The molecule has 2 aliphatic carbocycles. The van der Waals surface area contributed by atoms with E-state index in [1.165, 1.54) is 77.4 Å². The van der Waals surface area contributed by atoms with Crippen LogP contribution in [0.4, 0.5) is 0 Å². The molecular weight excluding hydrogens is 451 g/mol. The van der Waals surface area contributed by atoms with E-state index in [1.807, 2.05) is 7.05 Å². The van der Waals surface area contributed by atoms with Crippen molar-refractivity contribution in [2.45, 2.75) is 69.9 Å². The Kier molecular flexibility index (Phi) is 8.51. The highest BCUT2D eigenvalue weighted by molar-refractivity contribution is 14.0. The summed E-state index contributed by atoms with van der Waals surface area (Å²) in [6.45, 7) is 5.58. The molecule has 3 atom stereocenters. The Morgan fingerprint density at radius 3 is 2.48 bits per heavy atom. The summed E-state index contributed by atoms with van der Waals surface area (Å²) >= 11 is 0. The van der Waals surface area contributed by atoms with Crippen molar-refractivity contribution in [2.24, 2.45) is 22.7 Å². The van der Waals surface area contributed by atoms with Crippen LogP contribution in [0.3, 0.4) is 0 Å². The van der Waals surface area contributed by atoms with Gasteiger partial charge in [0.05, 0.1) is 6.61 Å². The summed E-state index contributed by atoms with van der Waals surface area (Å²) in [5, 5.41) is 7.42. The number of nitrogens with zero attached hydrogens (tertiary/aromatic N) is 2. The molecule has 4 aliphatic rings. The molecule has 2 heterocycles. The van der Waals surface area contributed by atoms with Gasteiger partial charge in [-0.05, 0) is 43.4 Å². The third kappa shape index (κ3) is 6.20. The lowest BCUT2D eigenvalue weighted by Crippen LogP contribution is -2.50. The van der Waals surface area contributed by atoms with Crippen molar-refractivity contribution in [3.63, 3.8) is 0 Å². The zero-order valence-corrected chi connectivity index (χ0v) is 19.3. The van der Waals surface area contributed by atoms with Gasteiger partial charge >= 0.3 is 0 Å². The molecule has 4 fully saturated rings. The maximum atomic E-state index is 5.52. The van der Waals surface area contributed by atoms with E-state index >= 15 is 0 Å². The van der Waals surface area contributed by atoms with E-state index < -0.39 is 0 Å². The standard InChI is InChI=1S/C21H38N4O.HI/c1-22-21(24-20-13-19(20)17-5-3-2-4-6-17)23-18-7-10-25(11-8-18)14-16-9-12-26-15-16;/h16-20H,2-15H2,1H3,(H2,22,23,24);1H. The highest BCUT2D eigenvalue weighted by Gasteiger charge is 2.43. The summed E-state index contributed by atoms with van der Waals surface area (Å²) in [5.41, 5.74) is 0. The van der Waals surface area contributed by atoms with Crippen molar-refractivity contribution < 1.29 is 4.74 Å². The van der Waals surface area contributed by atoms with Crippen LogP contribution >= 0.6 is 24.0 Å². The quantitative estimate of drug-likeness (QED) is 0.353. The lowest BCUT2D eigenvalue weighted by Gasteiger charge is -2.34. The van der Waals surface area contributed by atoms with Gasteiger partial charge in [0.25, 0.3) is 0 Å². The average Bonchev–Trinajstić information content (AvgIpc) is 3.26. The van der Waals surface area contributed by atoms with Crippen LogP contribution in [-0.4, -0.2) is 62.8 Å². The first kappa shape index (κ1) is 21.6. The van der Waals surface area contributed by atoms with Crippen molar-refractivity contribution in [3.8, 4) is 0 Å². The molecule has 156 valence electrons. The van der Waals surface area contributed by atoms with Gasteiger partial charge in [-0.2, -0.15) is 0 Å². The lowest BCUT2D eigenvalue weighted by atomic mass is 9.85. The fourth-order valence-corrected chi connectivity index (χ4v) is 5.36. The third-order valence-corrected chi connectivity index (χ3v) is 7.11. The molecule has 4 rings (SSSR count). The van der Waals surface area contributed by atoms with Gasteiger partial charge in [-0.25, -0.2) is 0 Å². The highest BCUT2D eigenvalue weighted by Crippen LogP contribution is 2.44. The summed E-state index contributed by atoms with van der Waals surface area (Å²) in [6, 6.07) is 1.25. The maximum Gasteiger partial charge on any atom is 0.191 e. The first-order valence-corrected chi connectivity index (χ1v) is 11.1. The first-order chi connectivity index (χ1) is 12.8. The summed E-state index contributed by atoms with van der Waals surface area (Å²) in [6.07, 6.45) is 12.3. The van der Waals surface area contributed by atoms with Crippen LogP contribution in [0.25, 0.3) is 0 Å². The van der Waals surface area contributed by atoms with E-state index in [1.54, 1.807) is 0 Å². The maximum absolute atomic E-state index is 5.52. The van der Waals surface area contributed by atoms with Gasteiger partial charge in [-0.3, -0.25) is 4.99 Å². The van der Waals surface area contributed by atoms with Gasteiger partial charge < -0.3 is 20.3 Å². The Hall–Kier alpha value is -0.0800. The summed E-state index contributed by atoms with van der Waals surface area (Å²) < 4.78 is 5.52. The van der Waals surface area contributed by atoms with Crippen LogP contribution in [0, 0.1) is 17.8 Å². The van der Waals surface area contributed by atoms with E-state index in [0.717, 1.165) is 36.9 Å². The molecule has 0 amide bonds. The molecule has 3 unspecified atom stereocenters. The van der Waals surface area contributed by atoms with Crippen LogP contribution < -0.4 is 10.6 Å². The zero-order chi connectivity index (χ0) is 17.8. The van der Waals surface area contributed by atoms with Crippen LogP contribution in [0.15, 0.2) is 4.99 Å². The molecule has 2 saturated heterocycles. The van der Waals surface area contributed by atoms with E-state index in [0.29, 0.717) is 12.1 Å². The molecule has 27 heavy (non-hydrogen) atoms. The monoisotopic (exact) mass is 490 g/mol. The van der Waals surface area contributed by atoms with Crippen molar-refractivity contribution in [3.05, 3.63) is 0 Å². The van der Waals surface area contributed by atoms with Gasteiger partial charge in [0, 0.05) is 45.4 Å². The number of ether oxygens (including phenoxy) is 1. The first-order valence-electron chi connectivity index (χ1n) is 11.1. The van der Waals surface area contributed by atoms with Crippen molar-refractivity contribution in [2.75, 3.05) is 39.9 Å². The number of hydrogen-bond acceptors (Lipinski definition) is 3. The number of aliphatic imine (C=N–C) groups is 1. The normalized spacial score (nSPS) is 33.5. The molecule has 5 nitrogen and oxygen atoms in total. The molecule has 0 spiro atoms. The number of hydrogen-bond donors (Lipinski definition) is 2. The Balaban J connectivity index is 0.00000210. The molecule has 0 aromatic carbocycles. The van der Waals surface area contributed by atoms with E-state index in [4.69, 9.17) is 4.74 Å². The minimum absolute atomic E-state index is 0. The van der Waals surface area contributed by atoms with E-state index in [-0.39, 0.29) is 24.0 Å². The Labute approximate surface area is 182 Å². The van der Waals surface area contributed by atoms with E-state index in [2.05, 4.69) is 20.5 Å². The molecule has 2 aliphatic heterocycles. The molecule has 6 heteroatoms. The number of piperidine rings is 1. The predicted octanol–water partition coefficient (Wildman–Crippen LogP) is 3.24. The third-order valence-electron chi connectivity index (χ3n) is 7.11. The van der Waals surface area contributed by atoms with Crippen LogP contribution in [0.2, 0.25) is 0 Å². The van der Waals surface area contributed by atoms with Crippen molar-refractivity contribution >= 4 is 29.9 Å². The molecule has 0 aromatic heterocycles. The van der Waals surface area contributed by atoms with Gasteiger partial charge in [-0.15, -0.1) is 24.0 Å². The minimum atomic E-state index is 0. The van der Waals surface area contributed by atoms with Crippen LogP contribution in [0.5, 0.6) is 0 Å². The van der Waals surface area contributed by atoms with E-state index in [9.17, 15) is 0 Å². The topological polar surface area (TPSA) is 48.9 Å². The Morgan fingerprint density at radius 2 is 1.81 bits per heavy atom. The van der Waals surface area contributed by atoms with Crippen molar-refractivity contribution in [1.82, 2.24) is 15.5 Å². The Bertz CT molecular complexity index is 469. The summed E-state index contributed by atoms with van der Waals surface area (Å²) in [4.78, 5) is 7.14. The lowest BCUT2D eigenvalue weighted by molar-refractivity contribution is 0.150. The van der Waals surface area contributed by atoms with Gasteiger partial charge in [0.15, 0.2) is 5.96 Å². The number of halogens is 1. The van der Waals surface area contributed by atoms with Crippen LogP contribution in [0.1, 0.15) is 57.8 Å². The molecule has 0 aromatic rings. The second-order valence-electron chi connectivity index (χ2n) is 9.07. The highest BCUT2D eigenvalue weighted by atomic mass is 127. The van der Waals surface area contributed by atoms with Gasteiger partial charge in [-0.1, -0.05) is 32.1 Å². The fraction of sp³-hybridized carbons (Fsp3) is 0.952. The van der Waals surface area contributed by atoms with Crippen molar-refractivity contribution in [1.29, 1.82) is 0 Å². The number of rotatable bonds is 5. The number of guanidine groups is 1. The second kappa shape index (κ2) is 10.6. The molecular formula is C21H39IN4O. The molecule has 0 radical (unpaired) electrons. The predicted molar refractivity (Wildman–Crippen MR) is 122 cm³/mol. The second-order valence-corrected chi connectivity index (χ2v) is 9.07. The summed E-state index contributed by atoms with van der Waals surface area (Å²) in [7, 11) is 1.92. The number of likely N-dealkylation sites (tertiary alicyclic amines) is 1. The number of nitrogens with one attached hydrogen (secondary N) is 2. The minimum Gasteiger partial charge on any atom is -0.381 e. The largest absolute Gasteiger partial charge is 0.381 e.